The summed E-state index contributed by atoms with van der Waals surface area (Å²) in [7, 11) is 0. The number of aromatic nitrogens is 2. The maximum absolute atomic E-state index is 12.3. The van der Waals surface area contributed by atoms with Gasteiger partial charge in [-0.05, 0) is 85.6 Å². The quantitative estimate of drug-likeness (QED) is 0.103. The molecule has 0 bridgehead atoms. The van der Waals surface area contributed by atoms with Crippen molar-refractivity contribution in [1.82, 2.24) is 9.97 Å². The number of fused-ring (bicyclic) bond motifs is 2. The highest BCUT2D eigenvalue weighted by Gasteiger charge is 2.08. The van der Waals surface area contributed by atoms with Gasteiger partial charge in [0.2, 0.25) is 0 Å². The van der Waals surface area contributed by atoms with Crippen molar-refractivity contribution >= 4 is 41.4 Å². The first-order chi connectivity index (χ1) is 24.6. The summed E-state index contributed by atoms with van der Waals surface area (Å²) in [6, 6.07) is 23.3. The molecule has 10 nitrogen and oxygen atoms in total. The molecule has 2 N–H and O–H groups in total. The van der Waals surface area contributed by atoms with E-state index in [4.69, 9.17) is 19.5 Å². The van der Waals surface area contributed by atoms with Gasteiger partial charge in [-0.1, -0.05) is 42.5 Å². The zero-order valence-electron chi connectivity index (χ0n) is 28.0. The number of esters is 2. The van der Waals surface area contributed by atoms with Gasteiger partial charge >= 0.3 is 11.9 Å². The minimum atomic E-state index is -0.229. The molecule has 256 valence electrons. The highest BCUT2D eigenvalue weighted by atomic mass is 16.5. The predicted octanol–water partition coefficient (Wildman–Crippen LogP) is 7.77. The molecule has 0 saturated heterocycles. The van der Waals surface area contributed by atoms with Crippen molar-refractivity contribution in [3.8, 4) is 0 Å². The van der Waals surface area contributed by atoms with E-state index in [0.717, 1.165) is 45.0 Å². The number of nitrogens with zero attached hydrogens (tertiary/aromatic N) is 4. The Labute approximate surface area is 293 Å². The number of aryl methyl sites for hydroxylation is 2. The average Bonchev–Trinajstić information content (AvgIpc) is 3.16. The van der Waals surface area contributed by atoms with Crippen LogP contribution < -0.4 is 10.6 Å². The van der Waals surface area contributed by atoms with Crippen LogP contribution in [0.5, 0.6) is 0 Å². The van der Waals surface area contributed by atoms with E-state index in [1.807, 2.05) is 97.6 Å². The van der Waals surface area contributed by atoms with Crippen LogP contribution >= 0.6 is 0 Å². The fourth-order valence-corrected chi connectivity index (χ4v) is 5.06. The number of benzene rings is 2. The number of carbonyl (C=O) groups is 2. The average molecular weight is 671 g/mol. The Morgan fingerprint density at radius 2 is 1.20 bits per heavy atom. The predicted molar refractivity (Wildman–Crippen MR) is 198 cm³/mol. The molecular formula is C40H42N6O4. The number of rotatable bonds is 14. The highest BCUT2D eigenvalue weighted by molar-refractivity contribution is 5.90. The molecule has 3 heterocycles. The van der Waals surface area contributed by atoms with Crippen molar-refractivity contribution in [1.29, 1.82) is 0 Å². The summed E-state index contributed by atoms with van der Waals surface area (Å²) in [5.74, 6) is -0.452. The second-order valence-electron chi connectivity index (χ2n) is 11.6. The molecule has 0 unspecified atom stereocenters. The third-order valence-electron chi connectivity index (χ3n) is 7.80. The molecule has 0 atom stereocenters. The number of hydrogen-bond donors (Lipinski definition) is 2. The molecule has 2 aromatic carbocycles. The summed E-state index contributed by atoms with van der Waals surface area (Å²) in [4.78, 5) is 42.4. The number of pyridine rings is 2. The monoisotopic (exact) mass is 670 g/mol. The zero-order valence-corrected chi connectivity index (χ0v) is 28.0. The summed E-state index contributed by atoms with van der Waals surface area (Å²) in [6.07, 6.45) is 18.8. The second kappa shape index (κ2) is 19.8. The Morgan fingerprint density at radius 1 is 0.600 bits per heavy atom. The van der Waals surface area contributed by atoms with E-state index < -0.39 is 0 Å². The van der Waals surface area contributed by atoms with Crippen LogP contribution in [0, 0.1) is 0 Å². The standard InChI is InChI=1S/C40H42N6O4/c47-39(19-17-31-9-5-21-41-25-31)49-23-7-11-33-27-44-36-14-2-1-12-34(36)29-43-35(30-46-38-16-4-3-15-37(38)45-28-33)13-8-24-50-40(48)20-18-32-10-6-22-42-26-32/h1-6,9-10,12,14-16,21-22,25-30,45-46H,7-8,11,13,17-20,23-24H2/b33-28-,35-30+,43-29?,44-27?. The maximum atomic E-state index is 12.3. The molecule has 1 aliphatic heterocycles. The number of para-hydroxylation sites is 3. The van der Waals surface area contributed by atoms with Gasteiger partial charge in [-0.3, -0.25) is 29.5 Å². The summed E-state index contributed by atoms with van der Waals surface area (Å²) < 4.78 is 11.0. The number of allylic oxidation sites excluding steroid dienone is 2. The fourth-order valence-electron chi connectivity index (χ4n) is 5.06. The lowest BCUT2D eigenvalue weighted by atomic mass is 10.1. The molecule has 1 aliphatic rings. The molecule has 0 fully saturated rings. The van der Waals surface area contributed by atoms with E-state index >= 15 is 0 Å². The number of hydrogen-bond acceptors (Lipinski definition) is 10. The first-order valence-corrected chi connectivity index (χ1v) is 16.9. The van der Waals surface area contributed by atoms with Crippen LogP contribution in [-0.2, 0) is 31.9 Å². The SMILES string of the molecule is O=C(CCc1cccnc1)OCCC/C1=C/Nc2ccccc2N/C=C(\CCCOC(=O)CCc2cccnc2)N=Cc2ccccc2N=C1. The van der Waals surface area contributed by atoms with E-state index in [-0.39, 0.29) is 11.9 Å². The summed E-state index contributed by atoms with van der Waals surface area (Å²) in [6.45, 7) is 0.618. The fraction of sp³-hybridized carbons (Fsp3) is 0.250. The Balaban J connectivity index is 1.20. The third kappa shape index (κ3) is 12.3. The molecule has 0 spiro atoms. The lowest BCUT2D eigenvalue weighted by molar-refractivity contribution is -0.144. The van der Waals surface area contributed by atoms with Crippen molar-refractivity contribution in [3.05, 3.63) is 138 Å². The van der Waals surface area contributed by atoms with Crippen molar-refractivity contribution in [2.45, 2.75) is 51.4 Å². The molecule has 0 amide bonds. The highest BCUT2D eigenvalue weighted by Crippen LogP contribution is 2.24. The van der Waals surface area contributed by atoms with E-state index in [0.29, 0.717) is 64.6 Å². The molecule has 10 heteroatoms. The normalized spacial score (nSPS) is 14.6. The van der Waals surface area contributed by atoms with E-state index in [9.17, 15) is 9.59 Å². The Kier molecular flexibility index (Phi) is 14.0. The molecule has 0 saturated carbocycles. The van der Waals surface area contributed by atoms with Crippen LogP contribution in [0.4, 0.5) is 17.1 Å². The van der Waals surface area contributed by atoms with Gasteiger partial charge in [-0.2, -0.15) is 0 Å². The van der Waals surface area contributed by atoms with Gasteiger partial charge in [0.1, 0.15) is 0 Å². The largest absolute Gasteiger partial charge is 0.466 e. The number of ether oxygens (including phenoxy) is 2. The van der Waals surface area contributed by atoms with Crippen LogP contribution in [-0.4, -0.2) is 47.5 Å². The van der Waals surface area contributed by atoms with Gasteiger partial charge in [-0.15, -0.1) is 0 Å². The second-order valence-corrected chi connectivity index (χ2v) is 11.6. The summed E-state index contributed by atoms with van der Waals surface area (Å²) in [5, 5.41) is 6.83. The molecule has 4 aromatic rings. The van der Waals surface area contributed by atoms with Gasteiger partial charge in [0.05, 0.1) is 36.0 Å². The Hall–Kier alpha value is -5.90. The first kappa shape index (κ1) is 35.4. The first-order valence-electron chi connectivity index (χ1n) is 16.9. The van der Waals surface area contributed by atoms with Crippen molar-refractivity contribution in [2.24, 2.45) is 9.98 Å². The Morgan fingerprint density at radius 3 is 1.84 bits per heavy atom. The minimum Gasteiger partial charge on any atom is -0.466 e. The molecule has 0 radical (unpaired) electrons. The van der Waals surface area contributed by atoms with E-state index in [1.54, 1.807) is 24.8 Å². The number of anilines is 2. The van der Waals surface area contributed by atoms with Crippen LogP contribution in [0.2, 0.25) is 0 Å². The van der Waals surface area contributed by atoms with Crippen LogP contribution in [0.1, 0.15) is 55.2 Å². The van der Waals surface area contributed by atoms with E-state index in [2.05, 4.69) is 20.6 Å². The molecule has 50 heavy (non-hydrogen) atoms. The van der Waals surface area contributed by atoms with Gasteiger partial charge < -0.3 is 20.1 Å². The molecule has 2 aromatic heterocycles. The summed E-state index contributed by atoms with van der Waals surface area (Å²) in [5.41, 5.74) is 7.14. The van der Waals surface area contributed by atoms with Crippen molar-refractivity contribution in [3.63, 3.8) is 0 Å². The van der Waals surface area contributed by atoms with Gasteiger partial charge in [0.15, 0.2) is 0 Å². The van der Waals surface area contributed by atoms with Gasteiger partial charge in [0.25, 0.3) is 0 Å². The van der Waals surface area contributed by atoms with E-state index in [1.165, 1.54) is 0 Å². The number of aliphatic imine (C=N–C) groups is 2. The topological polar surface area (TPSA) is 127 Å². The van der Waals surface area contributed by atoms with Crippen molar-refractivity contribution in [2.75, 3.05) is 23.8 Å². The van der Waals surface area contributed by atoms with Crippen LogP contribution in [0.3, 0.4) is 0 Å². The molecule has 0 aliphatic carbocycles. The van der Waals surface area contributed by atoms with Gasteiger partial charge in [0, 0.05) is 68.0 Å². The lowest BCUT2D eigenvalue weighted by Crippen LogP contribution is -2.08. The minimum absolute atomic E-state index is 0.223. The lowest BCUT2D eigenvalue weighted by Gasteiger charge is -2.12. The number of carbonyl (C=O) groups excluding carboxylic acids is 2. The van der Waals surface area contributed by atoms with Crippen molar-refractivity contribution < 1.29 is 19.1 Å². The Bertz CT molecular complexity index is 1670. The number of nitrogens with one attached hydrogen (secondary N) is 2. The maximum Gasteiger partial charge on any atom is 0.306 e. The summed E-state index contributed by atoms with van der Waals surface area (Å²) >= 11 is 0. The molecule has 5 rings (SSSR count). The van der Waals surface area contributed by atoms with Crippen LogP contribution in [0.25, 0.3) is 0 Å². The third-order valence-corrected chi connectivity index (χ3v) is 7.80. The smallest absolute Gasteiger partial charge is 0.306 e. The van der Waals surface area contributed by atoms with Crippen LogP contribution in [0.15, 0.2) is 131 Å². The van der Waals surface area contributed by atoms with Gasteiger partial charge in [-0.25, -0.2) is 0 Å². The molecular weight excluding hydrogens is 628 g/mol. The zero-order chi connectivity index (χ0) is 34.6.